The van der Waals surface area contributed by atoms with Crippen molar-refractivity contribution < 1.29 is 4.74 Å². The van der Waals surface area contributed by atoms with Gasteiger partial charge in [0.2, 0.25) is 0 Å². The number of nitrogens with zero attached hydrogens (tertiary/aromatic N) is 2. The molecule has 0 bridgehead atoms. The van der Waals surface area contributed by atoms with Crippen LogP contribution in [0.1, 0.15) is 6.92 Å². The highest BCUT2D eigenvalue weighted by Crippen LogP contribution is 2.20. The lowest BCUT2D eigenvalue weighted by atomic mass is 10.2. The Kier molecular flexibility index (Phi) is 4.12. The number of ether oxygens (including phenoxy) is 1. The Morgan fingerprint density at radius 1 is 1.50 bits per heavy atom. The van der Waals surface area contributed by atoms with E-state index in [-0.39, 0.29) is 6.10 Å². The van der Waals surface area contributed by atoms with Crippen molar-refractivity contribution in [2.45, 2.75) is 19.6 Å². The lowest BCUT2D eigenvalue weighted by molar-refractivity contribution is -0.0339. The van der Waals surface area contributed by atoms with E-state index in [4.69, 9.17) is 28.6 Å². The molecule has 4 nitrogen and oxygen atoms in total. The monoisotopic (exact) mass is 311 g/mol. The molecule has 6 heteroatoms. The molecule has 1 aromatic heterocycles. The third kappa shape index (κ3) is 2.76. The van der Waals surface area contributed by atoms with Crippen molar-refractivity contribution in [1.29, 1.82) is 0 Å². The van der Waals surface area contributed by atoms with Crippen LogP contribution in [0.2, 0.25) is 5.02 Å². The second-order valence-corrected chi connectivity index (χ2v) is 5.91. The van der Waals surface area contributed by atoms with Gasteiger partial charge in [0.15, 0.2) is 4.77 Å². The number of imidazole rings is 1. The van der Waals surface area contributed by atoms with Gasteiger partial charge in [0.05, 0.1) is 30.3 Å². The number of benzene rings is 1. The van der Waals surface area contributed by atoms with Gasteiger partial charge in [-0.2, -0.15) is 0 Å². The van der Waals surface area contributed by atoms with Crippen LogP contribution < -0.4 is 0 Å². The van der Waals surface area contributed by atoms with Gasteiger partial charge in [-0.15, -0.1) is 0 Å². The molecule has 0 spiro atoms. The number of nitrogens with one attached hydrogen (secondary N) is 1. The first kappa shape index (κ1) is 14.1. The molecule has 1 unspecified atom stereocenters. The summed E-state index contributed by atoms with van der Waals surface area (Å²) in [6.07, 6.45) is 0.174. The van der Waals surface area contributed by atoms with Crippen LogP contribution in [-0.2, 0) is 11.3 Å². The minimum absolute atomic E-state index is 0.174. The van der Waals surface area contributed by atoms with Crippen LogP contribution in [0.5, 0.6) is 0 Å². The Hall–Kier alpha value is -0.880. The molecule has 1 N–H and O–H groups in total. The molecule has 1 aliphatic heterocycles. The van der Waals surface area contributed by atoms with Gasteiger partial charge in [-0.3, -0.25) is 4.90 Å². The van der Waals surface area contributed by atoms with Crippen molar-refractivity contribution in [3.63, 3.8) is 0 Å². The summed E-state index contributed by atoms with van der Waals surface area (Å²) >= 11 is 11.5. The van der Waals surface area contributed by atoms with Crippen molar-refractivity contribution >= 4 is 34.9 Å². The van der Waals surface area contributed by atoms with Crippen molar-refractivity contribution in [2.75, 3.05) is 26.2 Å². The van der Waals surface area contributed by atoms with E-state index in [0.29, 0.717) is 0 Å². The zero-order chi connectivity index (χ0) is 14.1. The molecule has 2 heterocycles. The molecule has 20 heavy (non-hydrogen) atoms. The summed E-state index contributed by atoms with van der Waals surface area (Å²) in [6.45, 7) is 6.75. The third-order valence-electron chi connectivity index (χ3n) is 3.79. The second-order valence-electron chi connectivity index (χ2n) is 5.09. The molecule has 1 atom stereocenters. The van der Waals surface area contributed by atoms with Crippen LogP contribution in [0.25, 0.3) is 11.0 Å². The number of likely N-dealkylation sites (N-methyl/N-ethyl adjacent to an activating group) is 1. The van der Waals surface area contributed by atoms with E-state index in [2.05, 4.69) is 21.4 Å². The summed E-state index contributed by atoms with van der Waals surface area (Å²) in [6, 6.07) is 5.78. The fourth-order valence-corrected chi connectivity index (χ4v) is 3.14. The summed E-state index contributed by atoms with van der Waals surface area (Å²) in [5.74, 6) is 0. The van der Waals surface area contributed by atoms with Crippen molar-refractivity contribution in [2.24, 2.45) is 0 Å². The van der Waals surface area contributed by atoms with E-state index < -0.39 is 0 Å². The summed E-state index contributed by atoms with van der Waals surface area (Å²) in [5.41, 5.74) is 2.06. The summed E-state index contributed by atoms with van der Waals surface area (Å²) in [4.78, 5) is 5.62. The maximum absolute atomic E-state index is 6.09. The van der Waals surface area contributed by atoms with E-state index in [1.807, 2.05) is 18.2 Å². The van der Waals surface area contributed by atoms with Gasteiger partial charge in [-0.05, 0) is 37.0 Å². The fraction of sp³-hybridized carbons (Fsp3) is 0.500. The number of fused-ring (bicyclic) bond motifs is 1. The number of aromatic nitrogens is 2. The van der Waals surface area contributed by atoms with Crippen LogP contribution >= 0.6 is 23.8 Å². The maximum Gasteiger partial charge on any atom is 0.178 e. The minimum atomic E-state index is 0.174. The Morgan fingerprint density at radius 3 is 3.15 bits per heavy atom. The van der Waals surface area contributed by atoms with E-state index in [1.54, 1.807) is 0 Å². The molecular formula is C14H18ClN3OS. The van der Waals surface area contributed by atoms with Crippen molar-refractivity contribution in [3.8, 4) is 0 Å². The zero-order valence-corrected chi connectivity index (χ0v) is 13.0. The van der Waals surface area contributed by atoms with Gasteiger partial charge in [-0.1, -0.05) is 18.5 Å². The Labute approximate surface area is 128 Å². The lowest BCUT2D eigenvalue weighted by Crippen LogP contribution is -2.43. The number of H-pyrrole nitrogens is 1. The molecular weight excluding hydrogens is 294 g/mol. The standard InChI is InChI=1S/C14H18ClN3OS/c1-2-17-5-6-19-11(8-17)9-18-13-7-10(15)3-4-12(13)16-14(18)20/h3-4,7,11H,2,5-6,8-9H2,1H3,(H,16,20). The van der Waals surface area contributed by atoms with E-state index in [0.717, 1.165) is 53.6 Å². The Morgan fingerprint density at radius 2 is 2.35 bits per heavy atom. The SMILES string of the molecule is CCN1CCOC(Cn2c(=S)[nH]c3ccc(Cl)cc32)C1. The average molecular weight is 312 g/mol. The predicted molar refractivity (Wildman–Crippen MR) is 84.0 cm³/mol. The highest BCUT2D eigenvalue weighted by molar-refractivity contribution is 7.71. The molecule has 1 aromatic carbocycles. The topological polar surface area (TPSA) is 33.2 Å². The van der Waals surface area contributed by atoms with Crippen LogP contribution in [0.3, 0.4) is 0 Å². The Bertz CT molecular complexity index is 666. The quantitative estimate of drug-likeness (QED) is 0.884. The summed E-state index contributed by atoms with van der Waals surface area (Å²) in [5, 5.41) is 0.722. The number of rotatable bonds is 3. The normalized spacial score (nSPS) is 20.6. The lowest BCUT2D eigenvalue weighted by Gasteiger charge is -2.32. The smallest absolute Gasteiger partial charge is 0.178 e. The van der Waals surface area contributed by atoms with Crippen LogP contribution in [0.15, 0.2) is 18.2 Å². The largest absolute Gasteiger partial charge is 0.374 e. The van der Waals surface area contributed by atoms with Gasteiger partial charge in [0.1, 0.15) is 0 Å². The van der Waals surface area contributed by atoms with Gasteiger partial charge in [0, 0.05) is 18.1 Å². The van der Waals surface area contributed by atoms with Gasteiger partial charge >= 0.3 is 0 Å². The average Bonchev–Trinajstić information content (AvgIpc) is 2.75. The molecule has 1 saturated heterocycles. The number of hydrogen-bond acceptors (Lipinski definition) is 3. The summed E-state index contributed by atoms with van der Waals surface area (Å²) < 4.78 is 8.67. The molecule has 0 radical (unpaired) electrons. The first-order valence-electron chi connectivity index (χ1n) is 6.89. The maximum atomic E-state index is 6.09. The van der Waals surface area contributed by atoms with E-state index in [9.17, 15) is 0 Å². The molecule has 1 fully saturated rings. The molecule has 3 rings (SSSR count). The third-order valence-corrected chi connectivity index (χ3v) is 4.35. The Balaban J connectivity index is 1.88. The zero-order valence-electron chi connectivity index (χ0n) is 11.4. The molecule has 0 aliphatic carbocycles. The summed E-state index contributed by atoms with van der Waals surface area (Å²) in [7, 11) is 0. The number of morpholine rings is 1. The molecule has 2 aromatic rings. The van der Waals surface area contributed by atoms with E-state index in [1.165, 1.54) is 0 Å². The number of hydrogen-bond donors (Lipinski definition) is 1. The van der Waals surface area contributed by atoms with Crippen molar-refractivity contribution in [1.82, 2.24) is 14.5 Å². The first-order chi connectivity index (χ1) is 9.67. The van der Waals surface area contributed by atoms with Crippen LogP contribution in [0, 0.1) is 4.77 Å². The highest BCUT2D eigenvalue weighted by Gasteiger charge is 2.20. The minimum Gasteiger partial charge on any atom is -0.374 e. The molecule has 108 valence electrons. The van der Waals surface area contributed by atoms with E-state index >= 15 is 0 Å². The molecule has 0 amide bonds. The fourth-order valence-electron chi connectivity index (χ4n) is 2.69. The van der Waals surface area contributed by atoms with Crippen LogP contribution in [0.4, 0.5) is 0 Å². The van der Waals surface area contributed by atoms with Gasteiger partial charge in [0.25, 0.3) is 0 Å². The predicted octanol–water partition coefficient (Wildman–Crippen LogP) is 3.07. The van der Waals surface area contributed by atoms with Crippen molar-refractivity contribution in [3.05, 3.63) is 28.0 Å². The van der Waals surface area contributed by atoms with Crippen LogP contribution in [-0.4, -0.2) is 46.8 Å². The second kappa shape index (κ2) is 5.85. The highest BCUT2D eigenvalue weighted by atomic mass is 35.5. The first-order valence-corrected chi connectivity index (χ1v) is 7.68. The number of halogens is 1. The number of aromatic amines is 1. The van der Waals surface area contributed by atoms with Gasteiger partial charge in [-0.25, -0.2) is 0 Å². The molecule has 1 aliphatic rings. The molecule has 0 saturated carbocycles. The van der Waals surface area contributed by atoms with Gasteiger partial charge < -0.3 is 14.3 Å².